The van der Waals surface area contributed by atoms with Crippen molar-refractivity contribution in [2.75, 3.05) is 13.1 Å². The van der Waals surface area contributed by atoms with Crippen molar-refractivity contribution < 1.29 is 14.4 Å². The van der Waals surface area contributed by atoms with Crippen molar-refractivity contribution in [2.45, 2.75) is 32.7 Å². The van der Waals surface area contributed by atoms with Gasteiger partial charge < -0.3 is 10.2 Å². The minimum atomic E-state index is -0.658. The summed E-state index contributed by atoms with van der Waals surface area (Å²) in [4.78, 5) is 41.4. The van der Waals surface area contributed by atoms with Crippen LogP contribution in [0.2, 0.25) is 0 Å². The smallest absolute Gasteiger partial charge is 0.292 e. The van der Waals surface area contributed by atoms with Gasteiger partial charge in [0.15, 0.2) is 0 Å². The number of aromatic nitrogens is 1. The molecule has 1 N–H and O–H groups in total. The highest BCUT2D eigenvalue weighted by atomic mass is 16.2. The van der Waals surface area contributed by atoms with Crippen molar-refractivity contribution in [3.63, 3.8) is 0 Å². The van der Waals surface area contributed by atoms with E-state index in [4.69, 9.17) is 0 Å². The first-order valence-corrected chi connectivity index (χ1v) is 7.32. The van der Waals surface area contributed by atoms with Gasteiger partial charge in [-0.25, -0.2) is 0 Å². The molecule has 0 spiro atoms. The summed E-state index contributed by atoms with van der Waals surface area (Å²) in [6.45, 7) is 6.88. The second kappa shape index (κ2) is 6.25. The zero-order valence-electron chi connectivity index (χ0n) is 13.1. The average Bonchev–Trinajstić information content (AvgIpc) is 2.86. The lowest BCUT2D eigenvalue weighted by molar-refractivity contribution is -0.131. The van der Waals surface area contributed by atoms with Crippen LogP contribution in [0.1, 0.15) is 37.6 Å². The summed E-state index contributed by atoms with van der Waals surface area (Å²) in [7, 11) is 0. The summed E-state index contributed by atoms with van der Waals surface area (Å²) in [5, 5.41) is 2.62. The maximum atomic E-state index is 12.0. The molecule has 0 bridgehead atoms. The number of carbonyl (C=O) groups is 3. The molecule has 118 valence electrons. The number of pyridine rings is 1. The van der Waals surface area contributed by atoms with Crippen LogP contribution in [-0.4, -0.2) is 46.1 Å². The van der Waals surface area contributed by atoms with Gasteiger partial charge in [-0.05, 0) is 32.9 Å². The molecule has 1 aliphatic rings. The van der Waals surface area contributed by atoms with E-state index in [2.05, 4.69) is 10.3 Å². The molecule has 1 saturated heterocycles. The third-order valence-electron chi connectivity index (χ3n) is 3.70. The number of carbonyl (C=O) groups excluding carboxylic acids is 3. The Balaban J connectivity index is 1.88. The molecule has 6 heteroatoms. The Morgan fingerprint density at radius 1 is 1.41 bits per heavy atom. The van der Waals surface area contributed by atoms with E-state index in [1.807, 2.05) is 25.7 Å². The quantitative estimate of drug-likeness (QED) is 0.665. The summed E-state index contributed by atoms with van der Waals surface area (Å²) < 4.78 is 0. The van der Waals surface area contributed by atoms with E-state index in [0.717, 1.165) is 0 Å². The highest BCUT2D eigenvalue weighted by Gasteiger charge is 2.36. The first-order valence-electron chi connectivity index (χ1n) is 7.32. The zero-order valence-corrected chi connectivity index (χ0v) is 13.1. The van der Waals surface area contributed by atoms with Gasteiger partial charge in [-0.15, -0.1) is 0 Å². The van der Waals surface area contributed by atoms with Crippen LogP contribution in [0.15, 0.2) is 24.5 Å². The number of hydrogen-bond acceptors (Lipinski definition) is 4. The SMILES string of the molecule is CC(C)(C)N1CC(CNC(=O)C(=O)c2cccnc2)CC1=O. The van der Waals surface area contributed by atoms with Crippen molar-refractivity contribution in [3.8, 4) is 0 Å². The molecule has 1 atom stereocenters. The van der Waals surface area contributed by atoms with Crippen LogP contribution >= 0.6 is 0 Å². The molecular formula is C16H21N3O3. The van der Waals surface area contributed by atoms with Gasteiger partial charge >= 0.3 is 0 Å². The number of ketones is 1. The summed E-state index contributed by atoms with van der Waals surface area (Å²) in [6.07, 6.45) is 3.31. The maximum Gasteiger partial charge on any atom is 0.292 e. The van der Waals surface area contributed by atoms with E-state index in [9.17, 15) is 14.4 Å². The van der Waals surface area contributed by atoms with E-state index in [0.29, 0.717) is 19.5 Å². The predicted molar refractivity (Wildman–Crippen MR) is 81.2 cm³/mol. The lowest BCUT2D eigenvalue weighted by atomic mass is 10.1. The minimum absolute atomic E-state index is 0.0392. The van der Waals surface area contributed by atoms with Crippen LogP contribution in [0.4, 0.5) is 0 Å². The number of Topliss-reactive ketones (excluding diaryl/α,β-unsaturated/α-hetero) is 1. The van der Waals surface area contributed by atoms with E-state index >= 15 is 0 Å². The van der Waals surface area contributed by atoms with Gasteiger partial charge in [0.2, 0.25) is 5.91 Å². The van der Waals surface area contributed by atoms with Crippen LogP contribution in [0.25, 0.3) is 0 Å². The molecule has 1 fully saturated rings. The molecule has 1 aliphatic heterocycles. The number of amides is 2. The van der Waals surface area contributed by atoms with Gasteiger partial charge in [0.25, 0.3) is 11.7 Å². The molecule has 2 rings (SSSR count). The third-order valence-corrected chi connectivity index (χ3v) is 3.70. The van der Waals surface area contributed by atoms with Crippen LogP contribution in [0.5, 0.6) is 0 Å². The highest BCUT2D eigenvalue weighted by Crippen LogP contribution is 2.25. The van der Waals surface area contributed by atoms with E-state index in [1.165, 1.54) is 6.20 Å². The van der Waals surface area contributed by atoms with E-state index in [-0.39, 0.29) is 22.9 Å². The van der Waals surface area contributed by atoms with Gasteiger partial charge in [0.1, 0.15) is 0 Å². The second-order valence-electron chi connectivity index (χ2n) is 6.53. The van der Waals surface area contributed by atoms with Crippen molar-refractivity contribution in [1.29, 1.82) is 0 Å². The number of nitrogens with one attached hydrogen (secondary N) is 1. The molecule has 2 amide bonds. The summed E-state index contributed by atoms with van der Waals surface area (Å²) in [6, 6.07) is 3.16. The van der Waals surface area contributed by atoms with Gasteiger partial charge in [0, 0.05) is 48.9 Å². The molecule has 0 aromatic carbocycles. The van der Waals surface area contributed by atoms with Crippen LogP contribution in [0, 0.1) is 5.92 Å². The largest absolute Gasteiger partial charge is 0.349 e. The Labute approximate surface area is 129 Å². The van der Waals surface area contributed by atoms with Gasteiger partial charge in [-0.2, -0.15) is 0 Å². The summed E-state index contributed by atoms with van der Waals surface area (Å²) >= 11 is 0. The molecule has 0 aliphatic carbocycles. The van der Waals surface area contributed by atoms with Crippen molar-refractivity contribution in [2.24, 2.45) is 5.92 Å². The standard InChI is InChI=1S/C16H21N3O3/c1-16(2,3)19-10-11(7-13(19)20)8-18-15(22)14(21)12-5-4-6-17-9-12/h4-6,9,11H,7-8,10H2,1-3H3,(H,18,22). The Hall–Kier alpha value is -2.24. The fourth-order valence-corrected chi connectivity index (χ4v) is 2.51. The highest BCUT2D eigenvalue weighted by molar-refractivity contribution is 6.42. The van der Waals surface area contributed by atoms with Crippen molar-refractivity contribution in [3.05, 3.63) is 30.1 Å². The lowest BCUT2D eigenvalue weighted by Crippen LogP contribution is -2.43. The molecule has 1 aromatic rings. The average molecular weight is 303 g/mol. The lowest BCUT2D eigenvalue weighted by Gasteiger charge is -2.32. The molecule has 1 unspecified atom stereocenters. The van der Waals surface area contributed by atoms with Crippen LogP contribution in [-0.2, 0) is 9.59 Å². The zero-order chi connectivity index (χ0) is 16.3. The Morgan fingerprint density at radius 2 is 2.14 bits per heavy atom. The normalized spacial score (nSPS) is 18.4. The monoisotopic (exact) mass is 303 g/mol. The fraction of sp³-hybridized carbons (Fsp3) is 0.500. The summed E-state index contributed by atoms with van der Waals surface area (Å²) in [5.41, 5.74) is 0.0419. The molecule has 2 heterocycles. The van der Waals surface area contributed by atoms with E-state index in [1.54, 1.807) is 18.3 Å². The Morgan fingerprint density at radius 3 is 2.68 bits per heavy atom. The predicted octanol–water partition coefficient (Wildman–Crippen LogP) is 1.03. The van der Waals surface area contributed by atoms with Gasteiger partial charge in [-0.3, -0.25) is 19.4 Å². The maximum absolute atomic E-state index is 12.0. The second-order valence-corrected chi connectivity index (χ2v) is 6.53. The summed E-state index contributed by atoms with van der Waals surface area (Å²) in [5.74, 6) is -1.14. The number of hydrogen-bond donors (Lipinski definition) is 1. The number of likely N-dealkylation sites (tertiary alicyclic amines) is 1. The molecule has 6 nitrogen and oxygen atoms in total. The molecular weight excluding hydrogens is 282 g/mol. The van der Waals surface area contributed by atoms with E-state index < -0.39 is 11.7 Å². The number of rotatable bonds is 4. The van der Waals surface area contributed by atoms with Crippen molar-refractivity contribution in [1.82, 2.24) is 15.2 Å². The first-order chi connectivity index (χ1) is 10.3. The van der Waals surface area contributed by atoms with Crippen LogP contribution < -0.4 is 5.32 Å². The molecule has 1 aromatic heterocycles. The van der Waals surface area contributed by atoms with Crippen LogP contribution in [0.3, 0.4) is 0 Å². The molecule has 22 heavy (non-hydrogen) atoms. The Bertz CT molecular complexity index is 578. The molecule has 0 saturated carbocycles. The van der Waals surface area contributed by atoms with Crippen molar-refractivity contribution >= 4 is 17.6 Å². The number of nitrogens with zero attached hydrogens (tertiary/aromatic N) is 2. The topological polar surface area (TPSA) is 79.4 Å². The van der Waals surface area contributed by atoms with Gasteiger partial charge in [-0.1, -0.05) is 0 Å². The van der Waals surface area contributed by atoms with Gasteiger partial charge in [0.05, 0.1) is 0 Å². The third kappa shape index (κ3) is 3.69. The molecule has 0 radical (unpaired) electrons. The Kier molecular flexibility index (Phi) is 4.59. The fourth-order valence-electron chi connectivity index (χ4n) is 2.51. The minimum Gasteiger partial charge on any atom is -0.349 e. The first kappa shape index (κ1) is 16.1.